The lowest BCUT2D eigenvalue weighted by Gasteiger charge is -2.31. The molecule has 5 nitrogen and oxygen atoms in total. The predicted molar refractivity (Wildman–Crippen MR) is 109 cm³/mol. The van der Waals surface area contributed by atoms with Crippen molar-refractivity contribution in [1.29, 1.82) is 0 Å². The van der Waals surface area contributed by atoms with Crippen molar-refractivity contribution < 1.29 is 8.99 Å². The van der Waals surface area contributed by atoms with E-state index >= 15 is 0 Å². The second kappa shape index (κ2) is 8.63. The summed E-state index contributed by atoms with van der Waals surface area (Å²) in [7, 11) is 2.12. The van der Waals surface area contributed by atoms with Crippen LogP contribution in [-0.4, -0.2) is 46.0 Å². The van der Waals surface area contributed by atoms with Crippen LogP contribution in [0.1, 0.15) is 24.1 Å². The third-order valence-corrected chi connectivity index (χ3v) is 5.47. The zero-order valence-corrected chi connectivity index (χ0v) is 16.5. The zero-order valence-electron chi connectivity index (χ0n) is 15.7. The smallest absolute Gasteiger partial charge is 0.128 e. The summed E-state index contributed by atoms with van der Waals surface area (Å²) in [6.07, 6.45) is 5.41. The van der Waals surface area contributed by atoms with Gasteiger partial charge in [-0.2, -0.15) is 8.98 Å². The van der Waals surface area contributed by atoms with Crippen LogP contribution in [0.25, 0.3) is 11.4 Å². The number of halogens is 1. The molecular formula is C20H25FN4OS. The number of rotatable bonds is 6. The fourth-order valence-corrected chi connectivity index (χ4v) is 3.51. The van der Waals surface area contributed by atoms with Crippen LogP contribution in [0.2, 0.25) is 0 Å². The van der Waals surface area contributed by atoms with E-state index in [-0.39, 0.29) is 17.9 Å². The maximum absolute atomic E-state index is 13.1. The van der Waals surface area contributed by atoms with Gasteiger partial charge < -0.3 is 15.3 Å². The summed E-state index contributed by atoms with van der Waals surface area (Å²) in [5, 5.41) is 18.0. The fraction of sp³-hybridized carbons (Fsp3) is 0.350. The molecule has 0 amide bonds. The highest BCUT2D eigenvalue weighted by atomic mass is 32.2. The maximum Gasteiger partial charge on any atom is 0.128 e. The first-order valence-corrected chi connectivity index (χ1v) is 9.69. The van der Waals surface area contributed by atoms with Crippen molar-refractivity contribution in [3.63, 3.8) is 0 Å². The number of aromatic hydroxyl groups is 1. The third kappa shape index (κ3) is 4.54. The number of piperidine rings is 1. The number of para-hydroxylation sites is 1. The van der Waals surface area contributed by atoms with Crippen molar-refractivity contribution in [3.8, 4) is 5.75 Å². The van der Waals surface area contributed by atoms with Crippen LogP contribution < -0.4 is 5.32 Å². The SMILES string of the molecule is C=C(/C=C(/NC1CCN(C)CC1)n1ncc(SF)c1C)c1ccccc1O. The summed E-state index contributed by atoms with van der Waals surface area (Å²) in [4.78, 5) is 2.79. The molecule has 1 aromatic carbocycles. The molecule has 2 aromatic rings. The summed E-state index contributed by atoms with van der Waals surface area (Å²) in [6, 6.07) is 7.38. The first-order valence-electron chi connectivity index (χ1n) is 8.97. The maximum atomic E-state index is 13.1. The molecule has 1 saturated heterocycles. The fourth-order valence-electron chi connectivity index (χ4n) is 3.23. The standard InChI is InChI=1S/C20H25FN4OS/c1-14(17-6-4-5-7-18(17)26)12-20(23-16-8-10-24(3)11-9-16)25-15(2)19(27-21)13-22-25/h4-7,12-13,16,23,26H,1,8-11H2,2-3H3/b20-12-. The van der Waals surface area contributed by atoms with Gasteiger partial charge in [0.15, 0.2) is 0 Å². The van der Waals surface area contributed by atoms with E-state index in [1.165, 1.54) is 6.20 Å². The average Bonchev–Trinajstić information content (AvgIpc) is 3.03. The van der Waals surface area contributed by atoms with Gasteiger partial charge in [0.2, 0.25) is 0 Å². The van der Waals surface area contributed by atoms with Crippen molar-refractivity contribution in [2.75, 3.05) is 20.1 Å². The number of aromatic nitrogens is 2. The topological polar surface area (TPSA) is 53.3 Å². The van der Waals surface area contributed by atoms with E-state index in [4.69, 9.17) is 0 Å². The van der Waals surface area contributed by atoms with Crippen molar-refractivity contribution in [1.82, 2.24) is 20.0 Å². The lowest BCUT2D eigenvalue weighted by atomic mass is 10.0. The Bertz CT molecular complexity index is 840. The summed E-state index contributed by atoms with van der Waals surface area (Å²) in [5.41, 5.74) is 2.04. The van der Waals surface area contributed by atoms with Crippen LogP contribution in [0.4, 0.5) is 3.89 Å². The van der Waals surface area contributed by atoms with Crippen LogP contribution in [-0.2, 0) is 0 Å². The number of phenols is 1. The molecule has 0 unspecified atom stereocenters. The Morgan fingerprint density at radius 2 is 2.07 bits per heavy atom. The van der Waals surface area contributed by atoms with Crippen molar-refractivity contribution in [3.05, 3.63) is 54.4 Å². The molecule has 1 aliphatic heterocycles. The van der Waals surface area contributed by atoms with Crippen molar-refractivity contribution in [2.45, 2.75) is 30.7 Å². The molecule has 27 heavy (non-hydrogen) atoms. The van der Waals surface area contributed by atoms with Crippen LogP contribution in [0.3, 0.4) is 0 Å². The molecule has 0 bridgehead atoms. The molecule has 1 aromatic heterocycles. The van der Waals surface area contributed by atoms with Gasteiger partial charge in [-0.15, -0.1) is 0 Å². The molecular weight excluding hydrogens is 363 g/mol. The summed E-state index contributed by atoms with van der Waals surface area (Å²) in [6.45, 7) is 7.99. The number of nitrogens with zero attached hydrogens (tertiary/aromatic N) is 3. The number of likely N-dealkylation sites (tertiary alicyclic amines) is 1. The van der Waals surface area contributed by atoms with Crippen LogP contribution in [0.15, 0.2) is 48.0 Å². The van der Waals surface area contributed by atoms with E-state index in [1.54, 1.807) is 16.8 Å². The minimum atomic E-state index is 0.176. The molecule has 0 atom stereocenters. The molecule has 2 N–H and O–H groups in total. The Kier molecular flexibility index (Phi) is 6.23. The molecule has 144 valence electrons. The minimum absolute atomic E-state index is 0.176. The minimum Gasteiger partial charge on any atom is -0.507 e. The van der Waals surface area contributed by atoms with E-state index in [0.717, 1.165) is 37.4 Å². The summed E-state index contributed by atoms with van der Waals surface area (Å²) in [5.74, 6) is 0.908. The van der Waals surface area contributed by atoms with Gasteiger partial charge in [0.05, 0.1) is 28.9 Å². The largest absolute Gasteiger partial charge is 0.507 e. The van der Waals surface area contributed by atoms with Crippen LogP contribution in [0.5, 0.6) is 5.75 Å². The van der Waals surface area contributed by atoms with E-state index in [9.17, 15) is 8.99 Å². The molecule has 0 radical (unpaired) electrons. The van der Waals surface area contributed by atoms with Gasteiger partial charge in [-0.1, -0.05) is 24.8 Å². The molecule has 0 spiro atoms. The number of allylic oxidation sites excluding steroid dienone is 2. The highest BCUT2D eigenvalue weighted by molar-refractivity contribution is 7.94. The van der Waals surface area contributed by atoms with E-state index in [0.29, 0.717) is 22.1 Å². The quantitative estimate of drug-likeness (QED) is 0.731. The summed E-state index contributed by atoms with van der Waals surface area (Å²) >= 11 is 0.190. The van der Waals surface area contributed by atoms with Crippen molar-refractivity contribution >= 4 is 23.5 Å². The first-order chi connectivity index (χ1) is 13.0. The Morgan fingerprint density at radius 3 is 2.70 bits per heavy atom. The summed E-state index contributed by atoms with van der Waals surface area (Å²) < 4.78 is 14.8. The van der Waals surface area contributed by atoms with Crippen molar-refractivity contribution in [2.24, 2.45) is 0 Å². The average molecular weight is 389 g/mol. The predicted octanol–water partition coefficient (Wildman–Crippen LogP) is 4.07. The lowest BCUT2D eigenvalue weighted by molar-refractivity contribution is 0.244. The van der Waals surface area contributed by atoms with Gasteiger partial charge in [0, 0.05) is 11.6 Å². The molecule has 7 heteroatoms. The number of benzene rings is 1. The molecule has 3 rings (SSSR count). The Hall–Kier alpha value is -2.25. The third-order valence-electron chi connectivity index (χ3n) is 4.91. The van der Waals surface area contributed by atoms with E-state index < -0.39 is 0 Å². The number of phenolic OH excluding ortho intramolecular Hbond substituents is 1. The second-order valence-corrected chi connectivity index (χ2v) is 7.47. The van der Waals surface area contributed by atoms with E-state index in [1.807, 2.05) is 25.1 Å². The van der Waals surface area contributed by atoms with Gasteiger partial charge >= 0.3 is 0 Å². The highest BCUT2D eigenvalue weighted by Crippen LogP contribution is 2.28. The Balaban J connectivity index is 1.92. The Labute approximate surface area is 163 Å². The number of hydrogen-bond donors (Lipinski definition) is 2. The number of nitrogens with one attached hydrogen (secondary N) is 1. The van der Waals surface area contributed by atoms with Gasteiger partial charge in [-0.3, -0.25) is 0 Å². The molecule has 1 fully saturated rings. The molecule has 2 heterocycles. The van der Waals surface area contributed by atoms with Gasteiger partial charge in [0.25, 0.3) is 0 Å². The lowest BCUT2D eigenvalue weighted by Crippen LogP contribution is -2.41. The molecule has 1 aliphatic rings. The van der Waals surface area contributed by atoms with Crippen LogP contribution in [0, 0.1) is 6.92 Å². The highest BCUT2D eigenvalue weighted by Gasteiger charge is 2.20. The van der Waals surface area contributed by atoms with E-state index in [2.05, 4.69) is 28.9 Å². The van der Waals surface area contributed by atoms with Gasteiger partial charge in [0.1, 0.15) is 11.6 Å². The zero-order chi connectivity index (χ0) is 19.4. The molecule has 0 aliphatic carbocycles. The van der Waals surface area contributed by atoms with Crippen LogP contribution >= 0.6 is 12.1 Å². The monoisotopic (exact) mass is 388 g/mol. The Morgan fingerprint density at radius 1 is 1.37 bits per heavy atom. The first kappa shape index (κ1) is 19.5. The molecule has 0 saturated carbocycles. The number of hydrogen-bond acceptors (Lipinski definition) is 5. The van der Waals surface area contributed by atoms with Gasteiger partial charge in [-0.05, 0) is 57.6 Å². The van der Waals surface area contributed by atoms with Gasteiger partial charge in [-0.25, -0.2) is 4.68 Å². The second-order valence-electron chi connectivity index (χ2n) is 6.88. The normalized spacial score (nSPS) is 16.5.